The molecule has 1 amide bonds. The first-order valence-electron chi connectivity index (χ1n) is 7.27. The van der Waals surface area contributed by atoms with Gasteiger partial charge in [-0.1, -0.05) is 17.7 Å². The molecule has 0 bridgehead atoms. The van der Waals surface area contributed by atoms with Gasteiger partial charge in [0.1, 0.15) is 0 Å². The minimum atomic E-state index is -1.70. The third kappa shape index (κ3) is 3.52. The van der Waals surface area contributed by atoms with E-state index in [1.807, 2.05) is 25.1 Å². The number of amides is 1. The van der Waals surface area contributed by atoms with Crippen LogP contribution < -0.4 is 5.32 Å². The van der Waals surface area contributed by atoms with Crippen LogP contribution >= 0.6 is 0 Å². The molecule has 1 N–H and O–H groups in total. The number of aromatic nitrogens is 2. The molecule has 25 heavy (non-hydrogen) atoms. The topological polar surface area (TPSA) is 68.0 Å². The Morgan fingerprint density at radius 2 is 1.92 bits per heavy atom. The van der Waals surface area contributed by atoms with Gasteiger partial charge in [0.15, 0.2) is 17.5 Å². The van der Waals surface area contributed by atoms with Gasteiger partial charge >= 0.3 is 0 Å². The molecule has 5 nitrogen and oxygen atoms in total. The van der Waals surface area contributed by atoms with Gasteiger partial charge in [0.25, 0.3) is 5.91 Å². The van der Waals surface area contributed by atoms with Crippen molar-refractivity contribution in [1.29, 1.82) is 0 Å². The zero-order chi connectivity index (χ0) is 18.0. The smallest absolute Gasteiger partial charge is 0.254 e. The van der Waals surface area contributed by atoms with Crippen LogP contribution in [0.5, 0.6) is 0 Å². The highest BCUT2D eigenvalue weighted by Crippen LogP contribution is 2.19. The quantitative estimate of drug-likeness (QED) is 0.735. The van der Waals surface area contributed by atoms with Gasteiger partial charge in [-0.05, 0) is 31.2 Å². The summed E-state index contributed by atoms with van der Waals surface area (Å²) in [7, 11) is 0. The Bertz CT molecular complexity index is 941. The fraction of sp³-hybridized carbons (Fsp3) is 0.118. The molecule has 0 aliphatic heterocycles. The third-order valence-electron chi connectivity index (χ3n) is 3.41. The fourth-order valence-corrected chi connectivity index (χ4v) is 2.17. The summed E-state index contributed by atoms with van der Waals surface area (Å²) < 4.78 is 45.0. The van der Waals surface area contributed by atoms with Crippen molar-refractivity contribution < 1.29 is 22.4 Å². The fourth-order valence-electron chi connectivity index (χ4n) is 2.17. The highest BCUT2D eigenvalue weighted by atomic mass is 19.2. The van der Waals surface area contributed by atoms with Gasteiger partial charge in [-0.2, -0.15) is 0 Å². The van der Waals surface area contributed by atoms with Crippen molar-refractivity contribution in [2.45, 2.75) is 13.5 Å². The van der Waals surface area contributed by atoms with Crippen molar-refractivity contribution in [2.75, 3.05) is 0 Å². The molecular weight excluding hydrogens is 335 g/mol. The number of nitrogens with zero attached hydrogens (tertiary/aromatic N) is 2. The Balaban J connectivity index is 1.70. The molecular formula is C17H12F3N3O2. The lowest BCUT2D eigenvalue weighted by atomic mass is 10.1. The normalized spacial score (nSPS) is 10.7. The molecule has 1 heterocycles. The molecule has 0 atom stereocenters. The maximum Gasteiger partial charge on any atom is 0.254 e. The first-order valence-corrected chi connectivity index (χ1v) is 7.27. The van der Waals surface area contributed by atoms with Crippen molar-refractivity contribution >= 4 is 5.91 Å². The summed E-state index contributed by atoms with van der Waals surface area (Å²) in [6.07, 6.45) is 0. The Hall–Kier alpha value is -3.16. The number of carbonyl (C=O) groups excluding carboxylic acids is 1. The largest absolute Gasteiger partial charge is 0.419 e. The van der Waals surface area contributed by atoms with E-state index in [2.05, 4.69) is 15.5 Å². The van der Waals surface area contributed by atoms with Crippen molar-refractivity contribution in [3.05, 3.63) is 70.9 Å². The molecule has 8 heteroatoms. The molecule has 3 aromatic rings. The van der Waals surface area contributed by atoms with Crippen LogP contribution in [-0.2, 0) is 6.54 Å². The van der Waals surface area contributed by atoms with Crippen molar-refractivity contribution in [1.82, 2.24) is 15.5 Å². The maximum atomic E-state index is 13.6. The van der Waals surface area contributed by atoms with E-state index in [4.69, 9.17) is 4.42 Å². The molecule has 0 saturated heterocycles. The number of nitrogens with one attached hydrogen (secondary N) is 1. The number of benzene rings is 2. The van der Waals surface area contributed by atoms with Crippen LogP contribution in [-0.4, -0.2) is 16.1 Å². The minimum absolute atomic E-state index is 0.0906. The summed E-state index contributed by atoms with van der Waals surface area (Å²) in [6.45, 7) is 1.73. The Labute approximate surface area is 140 Å². The number of hydrogen-bond donors (Lipinski definition) is 1. The second-order valence-electron chi connectivity index (χ2n) is 5.28. The predicted octanol–water partition coefficient (Wildman–Crippen LogP) is 3.39. The molecule has 0 spiro atoms. The first-order chi connectivity index (χ1) is 12.0. The first kappa shape index (κ1) is 16.7. The SMILES string of the molecule is Cc1cccc(-c2nnc(CNC(=O)c3ccc(F)c(F)c3F)o2)c1. The van der Waals surface area contributed by atoms with E-state index < -0.39 is 28.9 Å². The number of halogens is 3. The van der Waals surface area contributed by atoms with E-state index in [0.29, 0.717) is 6.07 Å². The molecule has 128 valence electrons. The summed E-state index contributed by atoms with van der Waals surface area (Å²) in [5, 5.41) is 9.97. The molecule has 0 fully saturated rings. The van der Waals surface area contributed by atoms with Gasteiger partial charge in [0.2, 0.25) is 11.8 Å². The van der Waals surface area contributed by atoms with E-state index >= 15 is 0 Å². The van der Waals surface area contributed by atoms with Crippen LogP contribution in [0.3, 0.4) is 0 Å². The molecule has 1 aromatic heterocycles. The average molecular weight is 347 g/mol. The molecule has 0 saturated carbocycles. The molecule has 0 radical (unpaired) electrons. The van der Waals surface area contributed by atoms with E-state index in [9.17, 15) is 18.0 Å². The van der Waals surface area contributed by atoms with Gasteiger partial charge in [0.05, 0.1) is 12.1 Å². The van der Waals surface area contributed by atoms with Crippen molar-refractivity contribution in [3.63, 3.8) is 0 Å². The minimum Gasteiger partial charge on any atom is -0.419 e. The Morgan fingerprint density at radius 3 is 2.68 bits per heavy atom. The lowest BCUT2D eigenvalue weighted by Gasteiger charge is -2.05. The van der Waals surface area contributed by atoms with Crippen LogP contribution in [0.1, 0.15) is 21.8 Å². The predicted molar refractivity (Wildman–Crippen MR) is 82.0 cm³/mol. The summed E-state index contributed by atoms with van der Waals surface area (Å²) >= 11 is 0. The van der Waals surface area contributed by atoms with Gasteiger partial charge in [0, 0.05) is 5.56 Å². The van der Waals surface area contributed by atoms with Gasteiger partial charge in [-0.25, -0.2) is 13.2 Å². The molecule has 3 rings (SSSR count). The lowest BCUT2D eigenvalue weighted by Crippen LogP contribution is -2.24. The summed E-state index contributed by atoms with van der Waals surface area (Å²) in [5.41, 5.74) is 1.12. The van der Waals surface area contributed by atoms with Crippen molar-refractivity contribution in [3.8, 4) is 11.5 Å². The highest BCUT2D eigenvalue weighted by molar-refractivity contribution is 5.94. The zero-order valence-corrected chi connectivity index (χ0v) is 13.0. The number of hydrogen-bond acceptors (Lipinski definition) is 4. The number of carbonyl (C=O) groups is 1. The van der Waals surface area contributed by atoms with E-state index in [1.54, 1.807) is 6.07 Å². The summed E-state index contributed by atoms with van der Waals surface area (Å²) in [4.78, 5) is 11.9. The number of aryl methyl sites for hydroxylation is 1. The van der Waals surface area contributed by atoms with Crippen LogP contribution in [0.25, 0.3) is 11.5 Å². The molecule has 2 aromatic carbocycles. The van der Waals surface area contributed by atoms with Crippen LogP contribution in [0.2, 0.25) is 0 Å². The van der Waals surface area contributed by atoms with E-state index in [-0.39, 0.29) is 18.3 Å². The van der Waals surface area contributed by atoms with Crippen LogP contribution in [0.4, 0.5) is 13.2 Å². The Kier molecular flexibility index (Phi) is 4.51. The van der Waals surface area contributed by atoms with Gasteiger partial charge < -0.3 is 9.73 Å². The zero-order valence-electron chi connectivity index (χ0n) is 13.0. The highest BCUT2D eigenvalue weighted by Gasteiger charge is 2.19. The van der Waals surface area contributed by atoms with Crippen LogP contribution in [0, 0.1) is 24.4 Å². The van der Waals surface area contributed by atoms with E-state index in [1.165, 1.54) is 0 Å². The van der Waals surface area contributed by atoms with Gasteiger partial charge in [-0.15, -0.1) is 10.2 Å². The van der Waals surface area contributed by atoms with E-state index in [0.717, 1.165) is 17.2 Å². The summed E-state index contributed by atoms with van der Waals surface area (Å²) in [6, 6.07) is 8.93. The second kappa shape index (κ2) is 6.76. The maximum absolute atomic E-state index is 13.6. The second-order valence-corrected chi connectivity index (χ2v) is 5.28. The average Bonchev–Trinajstić information content (AvgIpc) is 3.07. The standard InChI is InChI=1S/C17H12F3N3O2/c1-9-3-2-4-10(7-9)17-23-22-13(25-17)8-21-16(24)11-5-6-12(18)15(20)14(11)19/h2-7H,8H2,1H3,(H,21,24). The molecule has 0 aliphatic carbocycles. The monoisotopic (exact) mass is 347 g/mol. The molecule has 0 unspecified atom stereocenters. The lowest BCUT2D eigenvalue weighted by molar-refractivity contribution is 0.0942. The van der Waals surface area contributed by atoms with Crippen LogP contribution in [0.15, 0.2) is 40.8 Å². The Morgan fingerprint density at radius 1 is 1.12 bits per heavy atom. The van der Waals surface area contributed by atoms with Gasteiger partial charge in [-0.3, -0.25) is 4.79 Å². The number of rotatable bonds is 4. The molecule has 0 aliphatic rings. The third-order valence-corrected chi connectivity index (χ3v) is 3.41. The summed E-state index contributed by atoms with van der Waals surface area (Å²) in [5.74, 6) is -5.18. The van der Waals surface area contributed by atoms with Crippen molar-refractivity contribution in [2.24, 2.45) is 0 Å².